The van der Waals surface area contributed by atoms with Crippen molar-refractivity contribution in [1.82, 2.24) is 10.6 Å². The van der Waals surface area contributed by atoms with Crippen LogP contribution in [0.3, 0.4) is 0 Å². The van der Waals surface area contributed by atoms with Crippen molar-refractivity contribution in [2.75, 3.05) is 11.9 Å². The summed E-state index contributed by atoms with van der Waals surface area (Å²) < 4.78 is 0. The number of unbranched alkanes of at least 4 members (excludes halogenated alkanes) is 1. The molecule has 1 aromatic rings. The quantitative estimate of drug-likeness (QED) is 0.402. The molecule has 8 heteroatoms. The highest BCUT2D eigenvalue weighted by molar-refractivity contribution is 8.03. The molecule has 1 aliphatic heterocycles. The van der Waals surface area contributed by atoms with Gasteiger partial charge < -0.3 is 16.0 Å². The molecule has 0 fully saturated rings. The largest absolute Gasteiger partial charge is 0.385 e. The number of carbonyl (C=O) groups excluding carboxylic acids is 1. The molecule has 3 N–H and O–H groups in total. The number of hydrogen-bond donors (Lipinski definition) is 3. The number of nitrogens with zero attached hydrogens (tertiary/aromatic N) is 1. The van der Waals surface area contributed by atoms with Crippen LogP contribution in [0, 0.1) is 17.0 Å². The molecule has 2 rings (SSSR count). The number of nitro groups is 1. The van der Waals surface area contributed by atoms with Gasteiger partial charge in [-0.2, -0.15) is 0 Å². The van der Waals surface area contributed by atoms with Crippen LogP contribution in [0.5, 0.6) is 0 Å². The first-order chi connectivity index (χ1) is 11.0. The average molecular weight is 336 g/mol. The second-order valence-corrected chi connectivity index (χ2v) is 6.31. The molecular formula is C15H20N4O3S. The van der Waals surface area contributed by atoms with Crippen LogP contribution in [-0.4, -0.2) is 22.9 Å². The van der Waals surface area contributed by atoms with Gasteiger partial charge in [-0.15, -0.1) is 0 Å². The first-order valence-electron chi connectivity index (χ1n) is 7.44. The van der Waals surface area contributed by atoms with Gasteiger partial charge in [-0.25, -0.2) is 0 Å². The zero-order valence-corrected chi connectivity index (χ0v) is 13.9. The summed E-state index contributed by atoms with van der Waals surface area (Å²) in [5.74, 6) is -0.260. The minimum absolute atomic E-state index is 0.0120. The summed E-state index contributed by atoms with van der Waals surface area (Å²) in [6, 6.07) is 5.64. The van der Waals surface area contributed by atoms with E-state index in [1.54, 1.807) is 0 Å². The molecule has 1 atom stereocenters. The van der Waals surface area contributed by atoms with Crippen LogP contribution < -0.4 is 16.0 Å². The number of anilines is 1. The maximum absolute atomic E-state index is 12.4. The van der Waals surface area contributed by atoms with E-state index in [0.717, 1.165) is 42.4 Å². The first-order valence-corrected chi connectivity index (χ1v) is 8.32. The lowest BCUT2D eigenvalue weighted by molar-refractivity contribution is -0.410. The number of rotatable bonds is 7. The van der Waals surface area contributed by atoms with Crippen LogP contribution in [0.25, 0.3) is 0 Å². The van der Waals surface area contributed by atoms with E-state index < -0.39 is 10.4 Å². The standard InChI is InChI=1S/C15H20N4O3S/c1-3-4-7-16-11-6-5-10(2)12(8-11)14(20)18-15-17-9-13(23-15)19(21)22/h5-6,8-9,15-17H,3-4,7H2,1-2H3,(H,18,20). The predicted octanol–water partition coefficient (Wildman–Crippen LogP) is 2.63. The van der Waals surface area contributed by atoms with Crippen molar-refractivity contribution in [3.05, 3.63) is 50.7 Å². The maximum atomic E-state index is 12.4. The lowest BCUT2D eigenvalue weighted by atomic mass is 10.1. The lowest BCUT2D eigenvalue weighted by Crippen LogP contribution is -2.38. The van der Waals surface area contributed by atoms with Crippen LogP contribution in [0.4, 0.5) is 5.69 Å². The predicted molar refractivity (Wildman–Crippen MR) is 91.6 cm³/mol. The minimum Gasteiger partial charge on any atom is -0.385 e. The molecule has 0 saturated carbocycles. The SMILES string of the molecule is CCCCNc1ccc(C)c(C(=O)NC2NC=C([N+](=O)[O-])S2)c1. The molecule has 0 aliphatic carbocycles. The van der Waals surface area contributed by atoms with Gasteiger partial charge in [0.25, 0.3) is 5.91 Å². The molecule has 1 heterocycles. The van der Waals surface area contributed by atoms with Crippen molar-refractivity contribution in [2.45, 2.75) is 32.2 Å². The molecule has 0 spiro atoms. The molecule has 0 bridgehead atoms. The smallest absolute Gasteiger partial charge is 0.322 e. The number of nitrogens with one attached hydrogen (secondary N) is 3. The zero-order valence-electron chi connectivity index (χ0n) is 13.1. The van der Waals surface area contributed by atoms with E-state index >= 15 is 0 Å². The number of carbonyl (C=O) groups is 1. The maximum Gasteiger partial charge on any atom is 0.322 e. The Labute approximate surface area is 139 Å². The highest BCUT2D eigenvalue weighted by Crippen LogP contribution is 2.24. The molecule has 0 radical (unpaired) electrons. The molecule has 0 aromatic heterocycles. The molecular weight excluding hydrogens is 316 g/mol. The summed E-state index contributed by atoms with van der Waals surface area (Å²) in [6.45, 7) is 4.84. The monoisotopic (exact) mass is 336 g/mol. The van der Waals surface area contributed by atoms with Crippen molar-refractivity contribution >= 4 is 23.4 Å². The Hall–Kier alpha value is -2.22. The molecule has 7 nitrogen and oxygen atoms in total. The Morgan fingerprint density at radius 2 is 2.26 bits per heavy atom. The van der Waals surface area contributed by atoms with E-state index in [0.29, 0.717) is 5.56 Å². The summed E-state index contributed by atoms with van der Waals surface area (Å²) in [7, 11) is 0. The van der Waals surface area contributed by atoms with Crippen LogP contribution in [0.1, 0.15) is 35.7 Å². The van der Waals surface area contributed by atoms with E-state index in [2.05, 4.69) is 22.9 Å². The summed E-state index contributed by atoms with van der Waals surface area (Å²) in [6.07, 6.45) is 3.46. The third-order valence-corrected chi connectivity index (χ3v) is 4.38. The van der Waals surface area contributed by atoms with Crippen molar-refractivity contribution < 1.29 is 9.72 Å². The van der Waals surface area contributed by atoms with Gasteiger partial charge in [0, 0.05) is 17.8 Å². The van der Waals surface area contributed by atoms with Gasteiger partial charge in [0.05, 0.1) is 11.1 Å². The normalized spacial score (nSPS) is 16.4. The van der Waals surface area contributed by atoms with E-state index in [1.165, 1.54) is 6.20 Å². The van der Waals surface area contributed by atoms with E-state index in [4.69, 9.17) is 0 Å². The van der Waals surface area contributed by atoms with Crippen LogP contribution in [0.15, 0.2) is 29.4 Å². The molecule has 1 amide bonds. The molecule has 1 aliphatic rings. The molecule has 23 heavy (non-hydrogen) atoms. The van der Waals surface area contributed by atoms with E-state index in [1.807, 2.05) is 25.1 Å². The van der Waals surface area contributed by atoms with Gasteiger partial charge in [0.15, 0.2) is 5.50 Å². The Balaban J connectivity index is 1.99. The fraction of sp³-hybridized carbons (Fsp3) is 0.400. The van der Waals surface area contributed by atoms with E-state index in [-0.39, 0.29) is 10.9 Å². The second-order valence-electron chi connectivity index (χ2n) is 5.19. The summed E-state index contributed by atoms with van der Waals surface area (Å²) >= 11 is 0.972. The van der Waals surface area contributed by atoms with Gasteiger partial charge in [-0.3, -0.25) is 14.9 Å². The number of hydrogen-bond acceptors (Lipinski definition) is 6. The molecule has 1 aromatic carbocycles. The summed E-state index contributed by atoms with van der Waals surface area (Å²) in [4.78, 5) is 22.6. The van der Waals surface area contributed by atoms with Crippen LogP contribution in [-0.2, 0) is 0 Å². The Kier molecular flexibility index (Phi) is 5.86. The first kappa shape index (κ1) is 17.1. The highest BCUT2D eigenvalue weighted by atomic mass is 32.2. The van der Waals surface area contributed by atoms with Gasteiger partial charge >= 0.3 is 5.03 Å². The van der Waals surface area contributed by atoms with E-state index in [9.17, 15) is 14.9 Å². The number of benzene rings is 1. The molecule has 1 unspecified atom stereocenters. The van der Waals surface area contributed by atoms with Crippen molar-refractivity contribution in [3.8, 4) is 0 Å². The third kappa shape index (κ3) is 4.62. The Morgan fingerprint density at radius 3 is 2.91 bits per heavy atom. The van der Waals surface area contributed by atoms with Crippen LogP contribution >= 0.6 is 11.8 Å². The number of amides is 1. The van der Waals surface area contributed by atoms with Crippen LogP contribution in [0.2, 0.25) is 0 Å². The van der Waals surface area contributed by atoms with Crippen molar-refractivity contribution in [1.29, 1.82) is 0 Å². The fourth-order valence-corrected chi connectivity index (χ4v) is 2.85. The minimum atomic E-state index is -0.529. The summed E-state index contributed by atoms with van der Waals surface area (Å²) in [5.41, 5.74) is 1.78. The Bertz CT molecular complexity index is 633. The van der Waals surface area contributed by atoms with Gasteiger partial charge in [-0.05, 0) is 42.8 Å². The lowest BCUT2D eigenvalue weighted by Gasteiger charge is -2.14. The number of aryl methyl sites for hydroxylation is 1. The topological polar surface area (TPSA) is 96.3 Å². The highest BCUT2D eigenvalue weighted by Gasteiger charge is 2.27. The average Bonchev–Trinajstić information content (AvgIpc) is 2.98. The third-order valence-electron chi connectivity index (χ3n) is 3.38. The van der Waals surface area contributed by atoms with Gasteiger partial charge in [0.2, 0.25) is 0 Å². The molecule has 0 saturated heterocycles. The van der Waals surface area contributed by atoms with Crippen molar-refractivity contribution in [3.63, 3.8) is 0 Å². The number of thioether (sulfide) groups is 1. The Morgan fingerprint density at radius 1 is 1.48 bits per heavy atom. The van der Waals surface area contributed by atoms with Crippen molar-refractivity contribution in [2.24, 2.45) is 0 Å². The summed E-state index contributed by atoms with van der Waals surface area (Å²) in [5, 5.41) is 19.5. The second kappa shape index (κ2) is 7.87. The fourth-order valence-electron chi connectivity index (χ4n) is 2.09. The van der Waals surface area contributed by atoms with Gasteiger partial charge in [-0.1, -0.05) is 19.4 Å². The molecule has 124 valence electrons. The zero-order chi connectivity index (χ0) is 16.8. The van der Waals surface area contributed by atoms with Gasteiger partial charge in [0.1, 0.15) is 0 Å².